The Bertz CT molecular complexity index is 1170. The summed E-state index contributed by atoms with van der Waals surface area (Å²) in [5.41, 5.74) is 2.16. The Kier molecular flexibility index (Phi) is 9.62. The Morgan fingerprint density at radius 1 is 1.03 bits per heavy atom. The van der Waals surface area contributed by atoms with Crippen LogP contribution in [-0.2, 0) is 47.8 Å². The molecule has 2 aliphatic rings. The lowest BCUT2D eigenvalue weighted by Crippen LogP contribution is -2.66. The van der Waals surface area contributed by atoms with Gasteiger partial charge in [0.15, 0.2) is 17.9 Å². The molecule has 2 aliphatic heterocycles. The van der Waals surface area contributed by atoms with Gasteiger partial charge in [-0.1, -0.05) is 23.7 Å². The first kappa shape index (κ1) is 29.6. The lowest BCUT2D eigenvalue weighted by molar-refractivity contribution is -0.278. The zero-order valence-electron chi connectivity index (χ0n) is 22.7. The van der Waals surface area contributed by atoms with Crippen molar-refractivity contribution in [1.82, 2.24) is 5.32 Å². The van der Waals surface area contributed by atoms with Gasteiger partial charge in [0, 0.05) is 39.8 Å². The molecule has 39 heavy (non-hydrogen) atoms. The molecule has 5 atom stereocenters. The number of rotatable bonds is 9. The molecular weight excluding hydrogens is 514 g/mol. The number of fused-ring (bicyclic) bond motifs is 1. The monoisotopic (exact) mass is 547 g/mol. The Hall–Kier alpha value is -4.00. The van der Waals surface area contributed by atoms with Crippen molar-refractivity contribution in [2.24, 2.45) is 5.16 Å². The van der Waals surface area contributed by atoms with E-state index in [0.29, 0.717) is 24.2 Å². The van der Waals surface area contributed by atoms with Crippen LogP contribution in [0.4, 0.5) is 5.69 Å². The molecule has 2 heterocycles. The first-order valence-corrected chi connectivity index (χ1v) is 12.5. The molecule has 1 aromatic carbocycles. The van der Waals surface area contributed by atoms with Gasteiger partial charge >= 0.3 is 17.9 Å². The Morgan fingerprint density at radius 2 is 1.69 bits per heavy atom. The number of esters is 3. The van der Waals surface area contributed by atoms with Crippen LogP contribution in [0.5, 0.6) is 0 Å². The van der Waals surface area contributed by atoms with E-state index in [2.05, 4.69) is 10.5 Å². The van der Waals surface area contributed by atoms with Crippen molar-refractivity contribution < 1.29 is 47.8 Å². The maximum Gasteiger partial charge on any atom is 0.303 e. The molecule has 13 heteroatoms. The first-order valence-electron chi connectivity index (χ1n) is 12.5. The SMILES string of the molecule is CCCN1C(=O)/C(=N/OC2OC(COC(C)=O)C(OC(C)=O)C(OC(C)=O)C2NC(C)=O)c2cc(C)ccc21. The van der Waals surface area contributed by atoms with Crippen LogP contribution in [0.2, 0.25) is 0 Å². The number of benzene rings is 1. The fraction of sp³-hybridized carbons (Fsp3) is 0.538. The third-order valence-electron chi connectivity index (χ3n) is 5.91. The van der Waals surface area contributed by atoms with Crippen molar-refractivity contribution in [2.45, 2.75) is 78.6 Å². The van der Waals surface area contributed by atoms with Crippen molar-refractivity contribution in [3.05, 3.63) is 29.3 Å². The highest BCUT2D eigenvalue weighted by Crippen LogP contribution is 2.32. The fourth-order valence-corrected chi connectivity index (χ4v) is 4.45. The Labute approximate surface area is 225 Å². The summed E-state index contributed by atoms with van der Waals surface area (Å²) in [5.74, 6) is -3.01. The van der Waals surface area contributed by atoms with Crippen LogP contribution in [0.25, 0.3) is 0 Å². The number of hydrogen-bond acceptors (Lipinski definition) is 11. The molecule has 1 aromatic rings. The van der Waals surface area contributed by atoms with Crippen LogP contribution in [0.1, 0.15) is 52.2 Å². The molecule has 2 amide bonds. The van der Waals surface area contributed by atoms with Gasteiger partial charge in [-0.05, 0) is 25.5 Å². The summed E-state index contributed by atoms with van der Waals surface area (Å²) in [4.78, 5) is 68.1. The summed E-state index contributed by atoms with van der Waals surface area (Å²) < 4.78 is 21.8. The molecule has 3 rings (SSSR count). The minimum Gasteiger partial charge on any atom is -0.463 e. The maximum absolute atomic E-state index is 13.2. The van der Waals surface area contributed by atoms with Gasteiger partial charge < -0.3 is 34.0 Å². The lowest BCUT2D eigenvalue weighted by atomic mass is 9.96. The molecule has 1 N–H and O–H groups in total. The molecule has 13 nitrogen and oxygen atoms in total. The highest BCUT2D eigenvalue weighted by Gasteiger charge is 2.52. The maximum atomic E-state index is 13.2. The standard InChI is InChI=1S/C26H33N3O10/c1-7-10-29-19-9-8-13(2)11-18(19)21(25(29)34)28-39-26-22(27-14(3)30)24(37-17(6)33)23(36-16(5)32)20(38-26)12-35-15(4)31/h8-9,11,20,22-24,26H,7,10,12H2,1-6H3,(H,27,30)/b28-21+. The van der Waals surface area contributed by atoms with E-state index in [-0.39, 0.29) is 18.2 Å². The van der Waals surface area contributed by atoms with Crippen molar-refractivity contribution in [3.8, 4) is 0 Å². The fourth-order valence-electron chi connectivity index (χ4n) is 4.45. The van der Waals surface area contributed by atoms with Gasteiger partial charge in [-0.3, -0.25) is 24.0 Å². The van der Waals surface area contributed by atoms with Crippen molar-refractivity contribution in [2.75, 3.05) is 18.1 Å². The first-order chi connectivity index (χ1) is 18.4. The largest absolute Gasteiger partial charge is 0.463 e. The Morgan fingerprint density at radius 3 is 2.28 bits per heavy atom. The molecule has 0 aliphatic carbocycles. The number of hydrogen-bond donors (Lipinski definition) is 1. The summed E-state index contributed by atoms with van der Waals surface area (Å²) in [6.45, 7) is 8.58. The average Bonchev–Trinajstić information content (AvgIpc) is 3.09. The molecule has 0 radical (unpaired) electrons. The minimum atomic E-state index is -1.43. The van der Waals surface area contributed by atoms with Crippen LogP contribution in [0, 0.1) is 6.92 Å². The number of anilines is 1. The molecule has 212 valence electrons. The van der Waals surface area contributed by atoms with Gasteiger partial charge in [0.2, 0.25) is 5.91 Å². The van der Waals surface area contributed by atoms with Crippen LogP contribution in [0.15, 0.2) is 23.4 Å². The van der Waals surface area contributed by atoms with E-state index >= 15 is 0 Å². The second-order valence-corrected chi connectivity index (χ2v) is 9.24. The normalized spacial score (nSPS) is 25.1. The number of nitrogens with zero attached hydrogens (tertiary/aromatic N) is 2. The molecule has 0 aromatic heterocycles. The number of ether oxygens (including phenoxy) is 4. The highest BCUT2D eigenvalue weighted by atomic mass is 16.8. The summed E-state index contributed by atoms with van der Waals surface area (Å²) in [7, 11) is 0. The van der Waals surface area contributed by atoms with Gasteiger partial charge in [0.1, 0.15) is 18.8 Å². The van der Waals surface area contributed by atoms with Crippen LogP contribution in [-0.4, -0.2) is 79.2 Å². The van der Waals surface area contributed by atoms with Crippen molar-refractivity contribution in [1.29, 1.82) is 0 Å². The number of aryl methyl sites for hydroxylation is 1. The van der Waals surface area contributed by atoms with E-state index in [4.69, 9.17) is 23.8 Å². The summed E-state index contributed by atoms with van der Waals surface area (Å²) >= 11 is 0. The molecule has 5 unspecified atom stereocenters. The second kappa shape index (κ2) is 12.7. The number of carbonyl (C=O) groups excluding carboxylic acids is 5. The minimum absolute atomic E-state index is 0.0232. The number of nitrogens with one attached hydrogen (secondary N) is 1. The molecule has 1 saturated heterocycles. The molecule has 0 spiro atoms. The van der Waals surface area contributed by atoms with E-state index < -0.39 is 54.5 Å². The van der Waals surface area contributed by atoms with E-state index in [0.717, 1.165) is 19.4 Å². The molecule has 0 bridgehead atoms. The van der Waals surface area contributed by atoms with Gasteiger partial charge in [-0.15, -0.1) is 0 Å². The van der Waals surface area contributed by atoms with Crippen molar-refractivity contribution >= 4 is 41.1 Å². The number of carbonyl (C=O) groups is 5. The number of amides is 2. The molecular formula is C26H33N3O10. The van der Waals surface area contributed by atoms with Gasteiger partial charge in [0.05, 0.1) is 5.69 Å². The predicted molar refractivity (Wildman–Crippen MR) is 135 cm³/mol. The third-order valence-corrected chi connectivity index (χ3v) is 5.91. The van der Waals surface area contributed by atoms with Gasteiger partial charge in [0.25, 0.3) is 12.2 Å². The lowest BCUT2D eigenvalue weighted by Gasteiger charge is -2.43. The van der Waals surface area contributed by atoms with Crippen molar-refractivity contribution in [3.63, 3.8) is 0 Å². The third kappa shape index (κ3) is 7.11. The highest BCUT2D eigenvalue weighted by molar-refractivity contribution is 6.54. The topological polar surface area (TPSA) is 159 Å². The van der Waals surface area contributed by atoms with E-state index in [9.17, 15) is 24.0 Å². The van der Waals surface area contributed by atoms with E-state index in [1.54, 1.807) is 11.0 Å². The molecule has 0 saturated carbocycles. The average molecular weight is 548 g/mol. The predicted octanol–water partition coefficient (Wildman–Crippen LogP) is 1.13. The number of oxime groups is 1. The van der Waals surface area contributed by atoms with E-state index in [1.807, 2.05) is 26.0 Å². The van der Waals surface area contributed by atoms with Crippen LogP contribution < -0.4 is 10.2 Å². The van der Waals surface area contributed by atoms with Crippen LogP contribution >= 0.6 is 0 Å². The zero-order valence-corrected chi connectivity index (χ0v) is 22.7. The smallest absolute Gasteiger partial charge is 0.303 e. The Balaban J connectivity index is 2.02. The van der Waals surface area contributed by atoms with E-state index in [1.165, 1.54) is 13.8 Å². The summed E-state index contributed by atoms with van der Waals surface area (Å²) in [5, 5.41) is 6.71. The zero-order chi connectivity index (χ0) is 28.9. The van der Waals surface area contributed by atoms with Gasteiger partial charge in [-0.2, -0.15) is 0 Å². The molecule has 1 fully saturated rings. The second-order valence-electron chi connectivity index (χ2n) is 9.24. The van der Waals surface area contributed by atoms with Gasteiger partial charge in [-0.25, -0.2) is 0 Å². The summed E-state index contributed by atoms with van der Waals surface area (Å²) in [6.07, 6.45) is -4.46. The van der Waals surface area contributed by atoms with Crippen LogP contribution in [0.3, 0.4) is 0 Å². The summed E-state index contributed by atoms with van der Waals surface area (Å²) in [6, 6.07) is 4.30. The quantitative estimate of drug-likeness (QED) is 0.270.